The quantitative estimate of drug-likeness (QED) is 0.442. The number of rotatable bonds is 8. The number of carbonyl (C=O) groups excluding carboxylic acids is 2. The summed E-state index contributed by atoms with van der Waals surface area (Å²) >= 11 is 1.46. The van der Waals surface area contributed by atoms with Gasteiger partial charge in [-0.1, -0.05) is 25.5 Å². The third-order valence-corrected chi connectivity index (χ3v) is 6.93. The molecule has 0 spiro atoms. The summed E-state index contributed by atoms with van der Waals surface area (Å²) in [4.78, 5) is 31.4. The van der Waals surface area contributed by atoms with Gasteiger partial charge >= 0.3 is 0 Å². The molecule has 0 radical (unpaired) electrons. The molecule has 0 fully saturated rings. The number of nitrogens with zero attached hydrogens (tertiary/aromatic N) is 1. The molecule has 0 bridgehead atoms. The maximum atomic E-state index is 13.1. The average molecular weight is 464 g/mol. The van der Waals surface area contributed by atoms with E-state index in [0.717, 1.165) is 48.4 Å². The molecular formula is C26H29N3O3S. The number of amides is 2. The van der Waals surface area contributed by atoms with Crippen LogP contribution in [0.3, 0.4) is 0 Å². The molecule has 3 aromatic rings. The van der Waals surface area contributed by atoms with Crippen molar-refractivity contribution in [1.82, 2.24) is 4.98 Å². The summed E-state index contributed by atoms with van der Waals surface area (Å²) in [6.45, 7) is 2.18. The van der Waals surface area contributed by atoms with Crippen LogP contribution in [-0.2, 0) is 17.6 Å². The van der Waals surface area contributed by atoms with Crippen molar-refractivity contribution < 1.29 is 14.3 Å². The largest absolute Gasteiger partial charge is 0.497 e. The van der Waals surface area contributed by atoms with Gasteiger partial charge in [0.25, 0.3) is 5.91 Å². The van der Waals surface area contributed by atoms with Crippen molar-refractivity contribution in [3.8, 4) is 5.75 Å². The van der Waals surface area contributed by atoms with E-state index in [0.29, 0.717) is 16.4 Å². The van der Waals surface area contributed by atoms with Crippen LogP contribution < -0.4 is 15.4 Å². The van der Waals surface area contributed by atoms with Gasteiger partial charge in [0, 0.05) is 16.1 Å². The van der Waals surface area contributed by atoms with Gasteiger partial charge in [-0.25, -0.2) is 4.98 Å². The lowest BCUT2D eigenvalue weighted by molar-refractivity contribution is -0.117. The molecule has 1 aliphatic carbocycles. The van der Waals surface area contributed by atoms with Gasteiger partial charge in [-0.15, -0.1) is 11.3 Å². The van der Waals surface area contributed by atoms with Gasteiger partial charge in [-0.3, -0.25) is 14.9 Å². The second-order valence-electron chi connectivity index (χ2n) is 8.24. The molecule has 2 N–H and O–H groups in total. The first-order valence-electron chi connectivity index (χ1n) is 11.4. The van der Waals surface area contributed by atoms with Crippen molar-refractivity contribution in [3.63, 3.8) is 0 Å². The Labute approximate surface area is 198 Å². The van der Waals surface area contributed by atoms with Crippen LogP contribution in [0.15, 0.2) is 48.5 Å². The number of carbonyl (C=O) groups is 2. The zero-order valence-electron chi connectivity index (χ0n) is 19.0. The third kappa shape index (κ3) is 5.60. The lowest BCUT2D eigenvalue weighted by Crippen LogP contribution is -2.24. The lowest BCUT2D eigenvalue weighted by Gasteiger charge is -2.20. The van der Waals surface area contributed by atoms with E-state index in [9.17, 15) is 9.59 Å². The average Bonchev–Trinajstić information content (AvgIpc) is 3.26. The number of ether oxygens (including phenoxy) is 1. The first-order valence-corrected chi connectivity index (χ1v) is 12.2. The summed E-state index contributed by atoms with van der Waals surface area (Å²) in [6.07, 6.45) is 5.94. The lowest BCUT2D eigenvalue weighted by atomic mass is 9.90. The maximum Gasteiger partial charge on any atom is 0.257 e. The summed E-state index contributed by atoms with van der Waals surface area (Å²) in [5.41, 5.74) is 3.40. The minimum absolute atomic E-state index is 0.0458. The number of hydrogen-bond acceptors (Lipinski definition) is 5. The van der Waals surface area contributed by atoms with Crippen molar-refractivity contribution in [2.75, 3.05) is 17.7 Å². The third-order valence-electron chi connectivity index (χ3n) is 5.88. The number of unbranched alkanes of at least 4 members (excludes halogenated alkanes) is 1. The molecule has 0 saturated carbocycles. The van der Waals surface area contributed by atoms with Gasteiger partial charge < -0.3 is 10.1 Å². The Morgan fingerprint density at radius 2 is 1.85 bits per heavy atom. The fraction of sp³-hybridized carbons (Fsp3) is 0.346. The van der Waals surface area contributed by atoms with E-state index >= 15 is 0 Å². The van der Waals surface area contributed by atoms with Gasteiger partial charge in [0.15, 0.2) is 5.13 Å². The van der Waals surface area contributed by atoms with Gasteiger partial charge in [-0.2, -0.15) is 0 Å². The number of aryl methyl sites for hydroxylation is 2. The normalized spacial score (nSPS) is 14.9. The molecular weight excluding hydrogens is 434 g/mol. The van der Waals surface area contributed by atoms with Crippen LogP contribution in [-0.4, -0.2) is 23.9 Å². The number of benzene rings is 2. The van der Waals surface area contributed by atoms with Crippen molar-refractivity contribution in [1.29, 1.82) is 0 Å². The highest BCUT2D eigenvalue weighted by atomic mass is 32.1. The highest BCUT2D eigenvalue weighted by Crippen LogP contribution is 2.37. The molecule has 1 atom stereocenters. The van der Waals surface area contributed by atoms with E-state index in [1.807, 2.05) is 12.1 Å². The number of nitrogens with one attached hydrogen (secondary N) is 2. The molecule has 2 amide bonds. The van der Waals surface area contributed by atoms with E-state index < -0.39 is 0 Å². The Balaban J connectivity index is 1.43. The molecule has 0 aliphatic heterocycles. The standard InChI is InChI=1S/C26H29N3O3S/c1-3-4-6-17-9-13-19(14-10-17)27-25(31)21-7-5-8-22-23(21)28-26(33-22)29-24(30)18-11-15-20(32-2)16-12-18/h9-16,21H,3-8H2,1-2H3,(H,27,31)(H,28,29,30). The van der Waals surface area contributed by atoms with Crippen LogP contribution in [0, 0.1) is 0 Å². The van der Waals surface area contributed by atoms with Gasteiger partial charge in [0.05, 0.1) is 18.7 Å². The van der Waals surface area contributed by atoms with E-state index in [4.69, 9.17) is 4.74 Å². The van der Waals surface area contributed by atoms with Crippen LogP contribution in [0.5, 0.6) is 5.75 Å². The summed E-state index contributed by atoms with van der Waals surface area (Å²) in [5, 5.41) is 6.46. The second kappa shape index (κ2) is 10.6. The van der Waals surface area contributed by atoms with Crippen molar-refractivity contribution in [2.45, 2.75) is 51.4 Å². The molecule has 0 saturated heterocycles. The molecule has 6 nitrogen and oxygen atoms in total. The monoisotopic (exact) mass is 463 g/mol. The van der Waals surface area contributed by atoms with E-state index in [2.05, 4.69) is 34.7 Å². The molecule has 33 heavy (non-hydrogen) atoms. The number of hydrogen-bond donors (Lipinski definition) is 2. The van der Waals surface area contributed by atoms with Crippen LogP contribution in [0.25, 0.3) is 0 Å². The minimum atomic E-state index is -0.309. The van der Waals surface area contributed by atoms with Crippen LogP contribution >= 0.6 is 11.3 Å². The molecule has 1 aliphatic rings. The van der Waals surface area contributed by atoms with Crippen molar-refractivity contribution >= 4 is 34.0 Å². The van der Waals surface area contributed by atoms with Gasteiger partial charge in [0.1, 0.15) is 5.75 Å². The number of fused-ring (bicyclic) bond motifs is 1. The zero-order valence-corrected chi connectivity index (χ0v) is 19.8. The van der Waals surface area contributed by atoms with E-state index in [1.165, 1.54) is 23.3 Å². The first kappa shape index (κ1) is 23.0. The predicted molar refractivity (Wildman–Crippen MR) is 132 cm³/mol. The molecule has 4 rings (SSSR count). The number of anilines is 2. The minimum Gasteiger partial charge on any atom is -0.497 e. The highest BCUT2D eigenvalue weighted by molar-refractivity contribution is 7.16. The maximum absolute atomic E-state index is 13.1. The van der Waals surface area contributed by atoms with Gasteiger partial charge in [-0.05, 0) is 74.1 Å². The van der Waals surface area contributed by atoms with E-state index in [-0.39, 0.29) is 17.7 Å². The summed E-state index contributed by atoms with van der Waals surface area (Å²) in [7, 11) is 1.59. The van der Waals surface area contributed by atoms with Crippen LogP contribution in [0.2, 0.25) is 0 Å². The molecule has 1 unspecified atom stereocenters. The highest BCUT2D eigenvalue weighted by Gasteiger charge is 2.30. The van der Waals surface area contributed by atoms with Crippen LogP contribution in [0.1, 0.15) is 65.0 Å². The Morgan fingerprint density at radius 3 is 2.55 bits per heavy atom. The smallest absolute Gasteiger partial charge is 0.257 e. The fourth-order valence-electron chi connectivity index (χ4n) is 4.00. The molecule has 172 valence electrons. The van der Waals surface area contributed by atoms with E-state index in [1.54, 1.807) is 31.4 Å². The molecule has 2 aromatic carbocycles. The predicted octanol–water partition coefficient (Wildman–Crippen LogP) is 5.81. The first-order chi connectivity index (χ1) is 16.1. The Bertz CT molecular complexity index is 1110. The summed E-state index contributed by atoms with van der Waals surface area (Å²) < 4.78 is 5.14. The van der Waals surface area contributed by atoms with Crippen molar-refractivity contribution in [2.24, 2.45) is 0 Å². The molecule has 1 heterocycles. The number of aromatic nitrogens is 1. The molecule has 1 aromatic heterocycles. The second-order valence-corrected chi connectivity index (χ2v) is 9.33. The fourth-order valence-corrected chi connectivity index (χ4v) is 5.06. The van der Waals surface area contributed by atoms with Crippen molar-refractivity contribution in [3.05, 3.63) is 70.2 Å². The zero-order chi connectivity index (χ0) is 23.2. The Morgan fingerprint density at radius 1 is 1.09 bits per heavy atom. The van der Waals surface area contributed by atoms with Gasteiger partial charge in [0.2, 0.25) is 5.91 Å². The summed E-state index contributed by atoms with van der Waals surface area (Å²) in [6, 6.07) is 15.0. The SMILES string of the molecule is CCCCc1ccc(NC(=O)C2CCCc3sc(NC(=O)c4ccc(OC)cc4)nc32)cc1. The summed E-state index contributed by atoms with van der Waals surface area (Å²) in [5.74, 6) is 0.112. The Kier molecular flexibility index (Phi) is 7.40. The number of thiazole rings is 1. The topological polar surface area (TPSA) is 80.3 Å². The molecule has 7 heteroatoms. The van der Waals surface area contributed by atoms with Crippen LogP contribution in [0.4, 0.5) is 10.8 Å². The number of methoxy groups -OCH3 is 1. The Hall–Kier alpha value is -3.19.